The second kappa shape index (κ2) is 3.35. The summed E-state index contributed by atoms with van der Waals surface area (Å²) in [5.74, 6) is 0. The Bertz CT molecular complexity index is 396. The molecule has 1 heterocycles. The van der Waals surface area contributed by atoms with Gasteiger partial charge in [-0.15, -0.1) is 0 Å². The van der Waals surface area contributed by atoms with Crippen molar-refractivity contribution in [1.82, 2.24) is 9.97 Å². The van der Waals surface area contributed by atoms with Gasteiger partial charge in [-0.3, -0.25) is 0 Å². The van der Waals surface area contributed by atoms with Crippen LogP contribution in [0.1, 0.15) is 5.69 Å². The first-order valence-electron chi connectivity index (χ1n) is 4.12. The van der Waals surface area contributed by atoms with E-state index in [0.29, 0.717) is 0 Å². The number of hydrogen-bond acceptors (Lipinski definition) is 2. The Balaban J connectivity index is 2.48. The average Bonchev–Trinajstić information content (AvgIpc) is 2.19. The molecule has 0 saturated carbocycles. The standard InChI is InChI=1S/C11H9N2/c1-9-7-11(13-8-12-9)10-5-3-2-4-6-10/h2-5,7-8H,1H3. The molecule has 0 fully saturated rings. The van der Waals surface area contributed by atoms with Crippen LogP contribution in [0.3, 0.4) is 0 Å². The van der Waals surface area contributed by atoms with Gasteiger partial charge in [-0.25, -0.2) is 9.97 Å². The highest BCUT2D eigenvalue weighted by Crippen LogP contribution is 2.14. The maximum absolute atomic E-state index is 4.17. The molecule has 0 aliphatic rings. The maximum Gasteiger partial charge on any atom is 0.116 e. The third-order valence-corrected chi connectivity index (χ3v) is 1.79. The molecule has 0 aliphatic heterocycles. The lowest BCUT2D eigenvalue weighted by atomic mass is 10.1. The van der Waals surface area contributed by atoms with Gasteiger partial charge in [0.05, 0.1) is 5.69 Å². The average molecular weight is 169 g/mol. The minimum absolute atomic E-state index is 0.924. The van der Waals surface area contributed by atoms with Crippen molar-refractivity contribution in [3.8, 4) is 11.3 Å². The molecule has 0 spiro atoms. The number of aromatic nitrogens is 2. The van der Waals surface area contributed by atoms with E-state index in [-0.39, 0.29) is 0 Å². The van der Waals surface area contributed by atoms with E-state index in [1.165, 1.54) is 0 Å². The zero-order valence-electron chi connectivity index (χ0n) is 7.36. The summed E-state index contributed by atoms with van der Waals surface area (Å²) >= 11 is 0. The molecule has 13 heavy (non-hydrogen) atoms. The Labute approximate surface area is 77.3 Å². The van der Waals surface area contributed by atoms with E-state index in [2.05, 4.69) is 16.0 Å². The summed E-state index contributed by atoms with van der Waals surface area (Å²) < 4.78 is 0. The number of aryl methyl sites for hydroxylation is 1. The van der Waals surface area contributed by atoms with Gasteiger partial charge in [0, 0.05) is 11.3 Å². The van der Waals surface area contributed by atoms with E-state index in [0.717, 1.165) is 17.0 Å². The number of nitrogens with zero attached hydrogens (tertiary/aromatic N) is 2. The summed E-state index contributed by atoms with van der Waals surface area (Å²) in [6.07, 6.45) is 1.57. The SMILES string of the molecule is Cc1cc(-c2[c]cccc2)ncn1. The van der Waals surface area contributed by atoms with Crippen LogP contribution in [0, 0.1) is 13.0 Å². The zero-order valence-corrected chi connectivity index (χ0v) is 7.36. The molecule has 0 aliphatic carbocycles. The second-order valence-corrected chi connectivity index (χ2v) is 2.82. The highest BCUT2D eigenvalue weighted by atomic mass is 14.8. The van der Waals surface area contributed by atoms with Gasteiger partial charge >= 0.3 is 0 Å². The third-order valence-electron chi connectivity index (χ3n) is 1.79. The largest absolute Gasteiger partial charge is 0.242 e. The topological polar surface area (TPSA) is 25.8 Å². The fourth-order valence-electron chi connectivity index (χ4n) is 1.15. The van der Waals surface area contributed by atoms with E-state index >= 15 is 0 Å². The first-order chi connectivity index (χ1) is 6.36. The van der Waals surface area contributed by atoms with Gasteiger partial charge in [-0.1, -0.05) is 24.3 Å². The molecule has 1 radical (unpaired) electrons. The van der Waals surface area contributed by atoms with Crippen LogP contribution in [0.5, 0.6) is 0 Å². The van der Waals surface area contributed by atoms with Gasteiger partial charge < -0.3 is 0 Å². The van der Waals surface area contributed by atoms with Crippen LogP contribution in [0.4, 0.5) is 0 Å². The molecule has 0 saturated heterocycles. The Morgan fingerprint density at radius 3 is 2.85 bits per heavy atom. The Hall–Kier alpha value is -1.70. The summed E-state index contributed by atoms with van der Waals surface area (Å²) in [5, 5.41) is 0. The van der Waals surface area contributed by atoms with E-state index < -0.39 is 0 Å². The lowest BCUT2D eigenvalue weighted by molar-refractivity contribution is 1.11. The van der Waals surface area contributed by atoms with Crippen molar-refractivity contribution in [2.45, 2.75) is 6.92 Å². The van der Waals surface area contributed by atoms with Crippen molar-refractivity contribution in [3.63, 3.8) is 0 Å². The van der Waals surface area contributed by atoms with Crippen molar-refractivity contribution >= 4 is 0 Å². The number of benzene rings is 1. The molecule has 0 bridgehead atoms. The normalized spacial score (nSPS) is 9.92. The molecular weight excluding hydrogens is 160 g/mol. The predicted octanol–water partition coefficient (Wildman–Crippen LogP) is 2.25. The van der Waals surface area contributed by atoms with E-state index in [4.69, 9.17) is 0 Å². The van der Waals surface area contributed by atoms with Gasteiger partial charge in [0.25, 0.3) is 0 Å². The monoisotopic (exact) mass is 169 g/mol. The van der Waals surface area contributed by atoms with Crippen LogP contribution in [0.15, 0.2) is 36.7 Å². The smallest absolute Gasteiger partial charge is 0.116 e. The van der Waals surface area contributed by atoms with Crippen molar-refractivity contribution in [2.24, 2.45) is 0 Å². The van der Waals surface area contributed by atoms with Crippen molar-refractivity contribution in [1.29, 1.82) is 0 Å². The van der Waals surface area contributed by atoms with E-state index in [1.807, 2.05) is 37.3 Å². The maximum atomic E-state index is 4.17. The van der Waals surface area contributed by atoms with Crippen LogP contribution in [-0.2, 0) is 0 Å². The molecule has 0 N–H and O–H groups in total. The van der Waals surface area contributed by atoms with Crippen LogP contribution >= 0.6 is 0 Å². The van der Waals surface area contributed by atoms with Crippen molar-refractivity contribution in [3.05, 3.63) is 48.4 Å². The number of rotatable bonds is 1. The molecule has 63 valence electrons. The summed E-state index contributed by atoms with van der Waals surface area (Å²) in [6.45, 7) is 1.95. The van der Waals surface area contributed by atoms with Gasteiger partial charge in [0.15, 0.2) is 0 Å². The minimum Gasteiger partial charge on any atom is -0.242 e. The third kappa shape index (κ3) is 1.72. The second-order valence-electron chi connectivity index (χ2n) is 2.82. The first kappa shape index (κ1) is 7.92. The van der Waals surface area contributed by atoms with Gasteiger partial charge in [-0.2, -0.15) is 0 Å². The van der Waals surface area contributed by atoms with E-state index in [9.17, 15) is 0 Å². The molecule has 0 unspecified atom stereocenters. The van der Waals surface area contributed by atoms with Crippen molar-refractivity contribution < 1.29 is 0 Å². The molecular formula is C11H9N2. The summed E-state index contributed by atoms with van der Waals surface area (Å²) in [5.41, 5.74) is 2.91. The van der Waals surface area contributed by atoms with Crippen LogP contribution in [0.2, 0.25) is 0 Å². The molecule has 2 heteroatoms. The summed E-state index contributed by atoms with van der Waals surface area (Å²) in [6, 6.07) is 12.9. The van der Waals surface area contributed by atoms with Gasteiger partial charge in [0.2, 0.25) is 0 Å². The molecule has 0 amide bonds. The number of hydrogen-bond donors (Lipinski definition) is 0. The quantitative estimate of drug-likeness (QED) is 0.654. The highest BCUT2D eigenvalue weighted by Gasteiger charge is 1.97. The van der Waals surface area contributed by atoms with E-state index in [1.54, 1.807) is 6.33 Å². The minimum atomic E-state index is 0.924. The fourth-order valence-corrected chi connectivity index (χ4v) is 1.15. The summed E-state index contributed by atoms with van der Waals surface area (Å²) in [7, 11) is 0. The highest BCUT2D eigenvalue weighted by molar-refractivity contribution is 5.57. The predicted molar refractivity (Wildman–Crippen MR) is 51.0 cm³/mol. The molecule has 2 aromatic rings. The molecule has 2 nitrogen and oxygen atoms in total. The Morgan fingerprint density at radius 2 is 2.15 bits per heavy atom. The van der Waals surface area contributed by atoms with Gasteiger partial charge in [0.1, 0.15) is 6.33 Å². The molecule has 2 rings (SSSR count). The zero-order chi connectivity index (χ0) is 9.10. The lowest BCUT2D eigenvalue weighted by Crippen LogP contribution is -1.87. The molecule has 0 atom stereocenters. The molecule has 1 aromatic heterocycles. The van der Waals surface area contributed by atoms with Gasteiger partial charge in [-0.05, 0) is 19.1 Å². The van der Waals surface area contributed by atoms with Crippen molar-refractivity contribution in [2.75, 3.05) is 0 Å². The summed E-state index contributed by atoms with van der Waals surface area (Å²) in [4.78, 5) is 8.21. The Kier molecular flexibility index (Phi) is 2.04. The van der Waals surface area contributed by atoms with Crippen LogP contribution < -0.4 is 0 Å². The first-order valence-corrected chi connectivity index (χ1v) is 4.12. The fraction of sp³-hybridized carbons (Fsp3) is 0.0909. The lowest BCUT2D eigenvalue weighted by Gasteiger charge is -1.99. The van der Waals surface area contributed by atoms with Crippen LogP contribution in [0.25, 0.3) is 11.3 Å². The Morgan fingerprint density at radius 1 is 1.23 bits per heavy atom. The molecule has 1 aromatic carbocycles. The van der Waals surface area contributed by atoms with Crippen LogP contribution in [-0.4, -0.2) is 9.97 Å².